The van der Waals surface area contributed by atoms with Gasteiger partial charge in [0.05, 0.1) is 18.6 Å². The minimum absolute atomic E-state index is 0.0689. The molecule has 4 nitrogen and oxygen atoms in total. The molecule has 0 aromatic carbocycles. The molecular formula is C20H25NO3S. The fourth-order valence-corrected chi connectivity index (χ4v) is 4.91. The van der Waals surface area contributed by atoms with E-state index in [1.165, 1.54) is 12.0 Å². The fourth-order valence-electron chi connectivity index (χ4n) is 3.84. The van der Waals surface area contributed by atoms with Crippen LogP contribution in [0.25, 0.3) is 0 Å². The van der Waals surface area contributed by atoms with E-state index in [0.717, 1.165) is 34.7 Å². The summed E-state index contributed by atoms with van der Waals surface area (Å²) in [6, 6.07) is 4.14. The van der Waals surface area contributed by atoms with E-state index in [9.17, 15) is 9.59 Å². The van der Waals surface area contributed by atoms with Crippen molar-refractivity contribution < 1.29 is 14.3 Å². The van der Waals surface area contributed by atoms with Crippen molar-refractivity contribution in [3.05, 3.63) is 44.4 Å². The summed E-state index contributed by atoms with van der Waals surface area (Å²) >= 11 is 1.67. The summed E-state index contributed by atoms with van der Waals surface area (Å²) in [7, 11) is 1.39. The highest BCUT2D eigenvalue weighted by Crippen LogP contribution is 2.48. The summed E-state index contributed by atoms with van der Waals surface area (Å²) in [5.74, 6) is -0.563. The minimum Gasteiger partial charge on any atom is -0.466 e. The van der Waals surface area contributed by atoms with Gasteiger partial charge in [0.2, 0.25) is 0 Å². The Morgan fingerprint density at radius 2 is 2.08 bits per heavy atom. The van der Waals surface area contributed by atoms with Crippen molar-refractivity contribution in [2.75, 3.05) is 7.11 Å². The Morgan fingerprint density at radius 1 is 1.36 bits per heavy atom. The third kappa shape index (κ3) is 3.17. The quantitative estimate of drug-likeness (QED) is 0.826. The number of carbonyl (C=O) groups excluding carboxylic acids is 2. The minimum atomic E-state index is -0.370. The van der Waals surface area contributed by atoms with Gasteiger partial charge in [0.25, 0.3) is 0 Å². The number of ketones is 1. The highest BCUT2D eigenvalue weighted by Gasteiger charge is 2.43. The van der Waals surface area contributed by atoms with E-state index in [0.29, 0.717) is 12.0 Å². The number of aryl methyl sites for hydroxylation is 1. The molecule has 1 aliphatic carbocycles. The Kier molecular flexibility index (Phi) is 4.62. The molecule has 0 spiro atoms. The molecule has 0 saturated carbocycles. The van der Waals surface area contributed by atoms with E-state index in [4.69, 9.17) is 4.74 Å². The van der Waals surface area contributed by atoms with Crippen LogP contribution in [0.3, 0.4) is 0 Å². The molecule has 0 unspecified atom stereocenters. The monoisotopic (exact) mass is 359 g/mol. The van der Waals surface area contributed by atoms with Crippen molar-refractivity contribution in [2.45, 2.75) is 52.9 Å². The topological polar surface area (TPSA) is 55.4 Å². The molecule has 2 aliphatic rings. The van der Waals surface area contributed by atoms with Crippen LogP contribution < -0.4 is 5.32 Å². The van der Waals surface area contributed by atoms with Gasteiger partial charge in [0.15, 0.2) is 5.78 Å². The number of thiophene rings is 1. The third-order valence-electron chi connectivity index (χ3n) is 4.96. The first kappa shape index (κ1) is 17.9. The number of esters is 1. The van der Waals surface area contributed by atoms with Gasteiger partial charge in [-0.1, -0.05) is 20.8 Å². The molecular weight excluding hydrogens is 334 g/mol. The molecule has 5 heteroatoms. The lowest BCUT2D eigenvalue weighted by atomic mass is 9.70. The summed E-state index contributed by atoms with van der Waals surface area (Å²) < 4.78 is 5.03. The zero-order valence-corrected chi connectivity index (χ0v) is 16.3. The molecule has 1 aliphatic heterocycles. The summed E-state index contributed by atoms with van der Waals surface area (Å²) in [5.41, 5.74) is 2.98. The smallest absolute Gasteiger partial charge is 0.336 e. The zero-order valence-electron chi connectivity index (χ0n) is 15.5. The first-order valence-corrected chi connectivity index (χ1v) is 9.50. The van der Waals surface area contributed by atoms with E-state index >= 15 is 0 Å². The SMILES string of the molecule is CCc1ccc([C@H]2C(C(=O)OC)=C(C)NC3=C2C(=O)CC(C)(C)C3)s1. The number of nitrogens with one attached hydrogen (secondary N) is 1. The summed E-state index contributed by atoms with van der Waals surface area (Å²) in [6.45, 7) is 8.23. The number of hydrogen-bond donors (Lipinski definition) is 1. The van der Waals surface area contributed by atoms with Crippen LogP contribution in [0.5, 0.6) is 0 Å². The first-order chi connectivity index (χ1) is 11.8. The predicted molar refractivity (Wildman–Crippen MR) is 99.3 cm³/mol. The Hall–Kier alpha value is -1.88. The molecule has 1 atom stereocenters. The van der Waals surface area contributed by atoms with Crippen LogP contribution in [0.15, 0.2) is 34.7 Å². The lowest BCUT2D eigenvalue weighted by Crippen LogP contribution is -2.38. The first-order valence-electron chi connectivity index (χ1n) is 8.68. The van der Waals surface area contributed by atoms with Gasteiger partial charge in [-0.15, -0.1) is 11.3 Å². The van der Waals surface area contributed by atoms with Gasteiger partial charge in [-0.2, -0.15) is 0 Å². The lowest BCUT2D eigenvalue weighted by Gasteiger charge is -2.39. The van der Waals surface area contributed by atoms with E-state index < -0.39 is 0 Å². The molecule has 2 heterocycles. The molecule has 0 bridgehead atoms. The third-order valence-corrected chi connectivity index (χ3v) is 6.25. The van der Waals surface area contributed by atoms with E-state index in [1.807, 2.05) is 13.0 Å². The van der Waals surface area contributed by atoms with Crippen LogP contribution in [0.2, 0.25) is 0 Å². The normalized spacial score (nSPS) is 22.6. The van der Waals surface area contributed by atoms with Gasteiger partial charge in [0.1, 0.15) is 0 Å². The fraction of sp³-hybridized carbons (Fsp3) is 0.500. The molecule has 1 aromatic rings. The number of hydrogen-bond acceptors (Lipinski definition) is 5. The number of methoxy groups -OCH3 is 1. The Labute approximate surface area is 153 Å². The molecule has 0 radical (unpaired) electrons. The maximum Gasteiger partial charge on any atom is 0.336 e. The standard InChI is InChI=1S/C20H25NO3S/c1-6-12-7-8-15(25-12)18-16(19(23)24-5)11(2)21-13-9-20(3,4)10-14(22)17(13)18/h7-8,18,21H,6,9-10H2,1-5H3/t18-/m0/s1. The zero-order chi connectivity index (χ0) is 18.4. The van der Waals surface area contributed by atoms with Crippen molar-refractivity contribution in [3.63, 3.8) is 0 Å². The molecule has 0 fully saturated rings. The lowest BCUT2D eigenvalue weighted by molar-refractivity contribution is -0.136. The van der Waals surface area contributed by atoms with Crippen molar-refractivity contribution in [1.82, 2.24) is 5.32 Å². The number of Topliss-reactive ketones (excluding diaryl/α,β-unsaturated/α-hetero) is 1. The number of carbonyl (C=O) groups is 2. The molecule has 25 heavy (non-hydrogen) atoms. The van der Waals surface area contributed by atoms with Gasteiger partial charge in [-0.3, -0.25) is 4.79 Å². The van der Waals surface area contributed by atoms with Crippen LogP contribution in [-0.4, -0.2) is 18.9 Å². The predicted octanol–water partition coefficient (Wildman–Crippen LogP) is 4.09. The summed E-state index contributed by atoms with van der Waals surface area (Å²) in [4.78, 5) is 27.8. The van der Waals surface area contributed by atoms with Crippen molar-refractivity contribution in [1.29, 1.82) is 0 Å². The highest BCUT2D eigenvalue weighted by atomic mass is 32.1. The van der Waals surface area contributed by atoms with Gasteiger partial charge in [-0.25, -0.2) is 4.79 Å². The second-order valence-corrected chi connectivity index (χ2v) is 8.78. The molecule has 3 rings (SSSR count). The average Bonchev–Trinajstić information content (AvgIpc) is 3.00. The van der Waals surface area contributed by atoms with E-state index in [-0.39, 0.29) is 23.1 Å². The molecule has 1 aromatic heterocycles. The molecule has 134 valence electrons. The number of ether oxygens (including phenoxy) is 1. The second kappa shape index (κ2) is 6.45. The van der Waals surface area contributed by atoms with Gasteiger partial charge < -0.3 is 10.1 Å². The van der Waals surface area contributed by atoms with Crippen LogP contribution in [-0.2, 0) is 20.7 Å². The average molecular weight is 359 g/mol. The molecule has 1 N–H and O–H groups in total. The van der Waals surface area contributed by atoms with Crippen LogP contribution in [0.4, 0.5) is 0 Å². The maximum atomic E-state index is 13.0. The molecule has 0 amide bonds. The van der Waals surface area contributed by atoms with Crippen LogP contribution in [0.1, 0.15) is 56.2 Å². The number of allylic oxidation sites excluding steroid dienone is 3. The molecule has 0 saturated heterocycles. The van der Waals surface area contributed by atoms with Crippen LogP contribution >= 0.6 is 11.3 Å². The highest BCUT2D eigenvalue weighted by molar-refractivity contribution is 7.12. The van der Waals surface area contributed by atoms with Crippen molar-refractivity contribution >= 4 is 23.1 Å². The van der Waals surface area contributed by atoms with E-state index in [2.05, 4.69) is 32.2 Å². The van der Waals surface area contributed by atoms with Crippen molar-refractivity contribution in [3.8, 4) is 0 Å². The number of rotatable bonds is 3. The maximum absolute atomic E-state index is 13.0. The van der Waals surface area contributed by atoms with Crippen LogP contribution in [0, 0.1) is 5.41 Å². The number of dihydropyridines is 1. The Bertz CT molecular complexity index is 798. The Balaban J connectivity index is 2.17. The summed E-state index contributed by atoms with van der Waals surface area (Å²) in [6.07, 6.45) is 2.25. The van der Waals surface area contributed by atoms with E-state index in [1.54, 1.807) is 11.3 Å². The summed E-state index contributed by atoms with van der Waals surface area (Å²) in [5, 5.41) is 3.33. The van der Waals surface area contributed by atoms with Gasteiger partial charge >= 0.3 is 5.97 Å². The van der Waals surface area contributed by atoms with Crippen molar-refractivity contribution in [2.24, 2.45) is 5.41 Å². The second-order valence-electron chi connectivity index (χ2n) is 7.58. The largest absolute Gasteiger partial charge is 0.466 e. The Morgan fingerprint density at radius 3 is 2.68 bits per heavy atom. The van der Waals surface area contributed by atoms with Gasteiger partial charge in [0, 0.05) is 33.1 Å². The van der Waals surface area contributed by atoms with Gasteiger partial charge in [-0.05, 0) is 37.3 Å².